The number of benzene rings is 2. The monoisotopic (exact) mass is 337 g/mol. The zero-order chi connectivity index (χ0) is 17.2. The van der Waals surface area contributed by atoms with Crippen LogP contribution in [0.2, 0.25) is 0 Å². The molecule has 0 radical (unpaired) electrons. The van der Waals surface area contributed by atoms with E-state index in [1.807, 2.05) is 30.3 Å². The molecule has 0 spiro atoms. The van der Waals surface area contributed by atoms with Crippen molar-refractivity contribution >= 4 is 16.8 Å². The van der Waals surface area contributed by atoms with Gasteiger partial charge >= 0.3 is 5.69 Å². The maximum atomic E-state index is 12.6. The molecule has 2 heterocycles. The molecule has 1 unspecified atom stereocenters. The molecule has 3 aromatic rings. The van der Waals surface area contributed by atoms with Gasteiger partial charge in [0.15, 0.2) is 5.78 Å². The van der Waals surface area contributed by atoms with Crippen LogP contribution in [-0.2, 0) is 4.74 Å². The fourth-order valence-corrected chi connectivity index (χ4v) is 3.22. The van der Waals surface area contributed by atoms with Gasteiger partial charge in [-0.05, 0) is 23.8 Å². The Bertz CT molecular complexity index is 945. The van der Waals surface area contributed by atoms with Crippen LogP contribution >= 0.6 is 0 Å². The van der Waals surface area contributed by atoms with Crippen LogP contribution in [0.25, 0.3) is 11.0 Å². The molecular weight excluding hydrogens is 318 g/mol. The van der Waals surface area contributed by atoms with Crippen molar-refractivity contribution in [2.75, 3.05) is 26.2 Å². The van der Waals surface area contributed by atoms with E-state index in [4.69, 9.17) is 4.74 Å². The van der Waals surface area contributed by atoms with Gasteiger partial charge in [0.05, 0.1) is 30.3 Å². The number of aromatic amines is 2. The largest absolute Gasteiger partial charge is 0.371 e. The average Bonchev–Trinajstić information content (AvgIpc) is 3.02. The highest BCUT2D eigenvalue weighted by molar-refractivity contribution is 6.00. The maximum absolute atomic E-state index is 12.6. The van der Waals surface area contributed by atoms with Crippen molar-refractivity contribution < 1.29 is 9.53 Å². The Morgan fingerprint density at radius 3 is 2.76 bits per heavy atom. The molecule has 1 fully saturated rings. The van der Waals surface area contributed by atoms with Crippen LogP contribution in [0.5, 0.6) is 0 Å². The summed E-state index contributed by atoms with van der Waals surface area (Å²) in [5.74, 6) is 0.0395. The predicted octanol–water partition coefficient (Wildman–Crippen LogP) is 2.11. The molecule has 25 heavy (non-hydrogen) atoms. The standard InChI is InChI=1S/C19H19N3O3/c23-17(14-6-7-15-16(10-14)21-19(24)20-15)11-22-8-9-25-18(12-22)13-4-2-1-3-5-13/h1-7,10,18H,8-9,11-12H2,(H2,20,21,24). The van der Waals surface area contributed by atoms with Crippen LogP contribution in [0.1, 0.15) is 22.0 Å². The fourth-order valence-electron chi connectivity index (χ4n) is 3.22. The van der Waals surface area contributed by atoms with Gasteiger partial charge < -0.3 is 14.7 Å². The third-order valence-corrected chi connectivity index (χ3v) is 4.53. The minimum absolute atomic E-state index is 0.00809. The highest BCUT2D eigenvalue weighted by Crippen LogP contribution is 2.22. The van der Waals surface area contributed by atoms with E-state index in [9.17, 15) is 9.59 Å². The second kappa shape index (κ2) is 6.66. The second-order valence-corrected chi connectivity index (χ2v) is 6.27. The summed E-state index contributed by atoms with van der Waals surface area (Å²) in [4.78, 5) is 31.4. The van der Waals surface area contributed by atoms with Gasteiger partial charge in [-0.3, -0.25) is 9.69 Å². The van der Waals surface area contributed by atoms with Gasteiger partial charge in [0.1, 0.15) is 0 Å². The zero-order valence-corrected chi connectivity index (χ0v) is 13.7. The van der Waals surface area contributed by atoms with Gasteiger partial charge in [-0.15, -0.1) is 0 Å². The topological polar surface area (TPSA) is 78.2 Å². The number of hydrogen-bond donors (Lipinski definition) is 2. The first-order valence-corrected chi connectivity index (χ1v) is 8.33. The molecule has 1 aliphatic rings. The van der Waals surface area contributed by atoms with Gasteiger partial charge in [-0.1, -0.05) is 30.3 Å². The van der Waals surface area contributed by atoms with E-state index in [2.05, 4.69) is 14.9 Å². The molecule has 2 N–H and O–H groups in total. The summed E-state index contributed by atoms with van der Waals surface area (Å²) >= 11 is 0. The van der Waals surface area contributed by atoms with Crippen molar-refractivity contribution in [1.82, 2.24) is 14.9 Å². The SMILES string of the molecule is O=C(CN1CCOC(c2ccccc2)C1)c1ccc2[nH]c(=O)[nH]c2c1. The number of ketones is 1. The molecule has 0 aliphatic carbocycles. The molecule has 0 amide bonds. The van der Waals surface area contributed by atoms with Gasteiger partial charge in [-0.25, -0.2) is 4.79 Å². The first kappa shape index (κ1) is 15.8. The smallest absolute Gasteiger partial charge is 0.323 e. The second-order valence-electron chi connectivity index (χ2n) is 6.27. The Hall–Kier alpha value is -2.70. The minimum atomic E-state index is -0.265. The molecule has 6 nitrogen and oxygen atoms in total. The molecule has 2 aromatic carbocycles. The Kier molecular flexibility index (Phi) is 4.21. The number of carbonyl (C=O) groups excluding carboxylic acids is 1. The van der Waals surface area contributed by atoms with E-state index >= 15 is 0 Å². The normalized spacial score (nSPS) is 18.5. The summed E-state index contributed by atoms with van der Waals surface area (Å²) in [6, 6.07) is 15.3. The predicted molar refractivity (Wildman–Crippen MR) is 94.8 cm³/mol. The summed E-state index contributed by atoms with van der Waals surface area (Å²) in [5.41, 5.74) is 2.83. The molecule has 0 bridgehead atoms. The number of hydrogen-bond acceptors (Lipinski definition) is 4. The lowest BCUT2D eigenvalue weighted by Crippen LogP contribution is -2.41. The third kappa shape index (κ3) is 3.40. The van der Waals surface area contributed by atoms with Crippen LogP contribution in [0, 0.1) is 0 Å². The summed E-state index contributed by atoms with van der Waals surface area (Å²) in [5, 5.41) is 0. The highest BCUT2D eigenvalue weighted by atomic mass is 16.5. The number of carbonyl (C=O) groups is 1. The average molecular weight is 337 g/mol. The van der Waals surface area contributed by atoms with Gasteiger partial charge in [-0.2, -0.15) is 0 Å². The van der Waals surface area contributed by atoms with Crippen molar-refractivity contribution in [3.8, 4) is 0 Å². The summed E-state index contributed by atoms with van der Waals surface area (Å²) in [6.07, 6.45) is -0.00809. The molecule has 6 heteroatoms. The number of H-pyrrole nitrogens is 2. The van der Waals surface area contributed by atoms with Crippen LogP contribution in [0.4, 0.5) is 0 Å². The molecule has 128 valence electrons. The number of nitrogens with zero attached hydrogens (tertiary/aromatic N) is 1. The molecule has 1 atom stereocenters. The summed E-state index contributed by atoms with van der Waals surface area (Å²) in [7, 11) is 0. The minimum Gasteiger partial charge on any atom is -0.371 e. The Morgan fingerprint density at radius 2 is 1.92 bits per heavy atom. The van der Waals surface area contributed by atoms with E-state index in [1.54, 1.807) is 18.2 Å². The van der Waals surface area contributed by atoms with Gasteiger partial charge in [0.2, 0.25) is 0 Å². The molecule has 4 rings (SSSR count). The van der Waals surface area contributed by atoms with E-state index < -0.39 is 0 Å². The number of morpholine rings is 1. The molecule has 1 aliphatic heterocycles. The van der Waals surface area contributed by atoms with Crippen molar-refractivity contribution in [3.05, 3.63) is 70.1 Å². The van der Waals surface area contributed by atoms with Gasteiger partial charge in [0, 0.05) is 18.7 Å². The first-order valence-electron chi connectivity index (χ1n) is 8.33. The number of imidazole rings is 1. The van der Waals surface area contributed by atoms with E-state index in [0.29, 0.717) is 36.3 Å². The number of Topliss-reactive ketones (excluding diaryl/α,β-unsaturated/α-hetero) is 1. The lowest BCUT2D eigenvalue weighted by Gasteiger charge is -2.32. The Morgan fingerprint density at radius 1 is 1.12 bits per heavy atom. The first-order chi connectivity index (χ1) is 12.2. The van der Waals surface area contributed by atoms with Crippen LogP contribution < -0.4 is 5.69 Å². The lowest BCUT2D eigenvalue weighted by atomic mass is 10.1. The fraction of sp³-hybridized carbons (Fsp3) is 0.263. The number of fused-ring (bicyclic) bond motifs is 1. The van der Waals surface area contributed by atoms with Crippen molar-refractivity contribution in [2.24, 2.45) is 0 Å². The number of nitrogens with one attached hydrogen (secondary N) is 2. The zero-order valence-electron chi connectivity index (χ0n) is 13.7. The maximum Gasteiger partial charge on any atom is 0.323 e. The number of aromatic nitrogens is 2. The highest BCUT2D eigenvalue weighted by Gasteiger charge is 2.23. The molecule has 0 saturated carbocycles. The van der Waals surface area contributed by atoms with Crippen molar-refractivity contribution in [3.63, 3.8) is 0 Å². The number of ether oxygens (including phenoxy) is 1. The Labute approximate surface area is 144 Å². The summed E-state index contributed by atoms with van der Waals surface area (Å²) < 4.78 is 5.85. The molecule has 1 saturated heterocycles. The summed E-state index contributed by atoms with van der Waals surface area (Å²) in [6.45, 7) is 2.38. The quantitative estimate of drug-likeness (QED) is 0.715. The van der Waals surface area contributed by atoms with Crippen molar-refractivity contribution in [1.29, 1.82) is 0 Å². The van der Waals surface area contributed by atoms with Crippen LogP contribution in [-0.4, -0.2) is 46.9 Å². The van der Waals surface area contributed by atoms with E-state index in [-0.39, 0.29) is 17.6 Å². The number of rotatable bonds is 4. The third-order valence-electron chi connectivity index (χ3n) is 4.53. The van der Waals surface area contributed by atoms with Crippen LogP contribution in [0.15, 0.2) is 53.3 Å². The van der Waals surface area contributed by atoms with Crippen molar-refractivity contribution in [2.45, 2.75) is 6.10 Å². The van der Waals surface area contributed by atoms with E-state index in [0.717, 1.165) is 12.1 Å². The lowest BCUT2D eigenvalue weighted by molar-refractivity contribution is -0.0275. The Balaban J connectivity index is 1.46. The molecular formula is C19H19N3O3. The van der Waals surface area contributed by atoms with Gasteiger partial charge in [0.25, 0.3) is 0 Å². The van der Waals surface area contributed by atoms with Crippen LogP contribution in [0.3, 0.4) is 0 Å². The van der Waals surface area contributed by atoms with E-state index in [1.165, 1.54) is 0 Å². The molecule has 1 aromatic heterocycles.